The fourth-order valence-corrected chi connectivity index (χ4v) is 2.40. The molecule has 4 rings (SSSR count). The summed E-state index contributed by atoms with van der Waals surface area (Å²) in [5.41, 5.74) is 3.30. The lowest BCUT2D eigenvalue weighted by Gasteiger charge is -2.04. The lowest BCUT2D eigenvalue weighted by Crippen LogP contribution is -2.05. The van der Waals surface area contributed by atoms with Crippen LogP contribution >= 0.6 is 0 Å². The summed E-state index contributed by atoms with van der Waals surface area (Å²) >= 11 is 0. The number of fused-ring (bicyclic) bond motifs is 1. The second-order valence-corrected chi connectivity index (χ2v) is 4.60. The minimum Gasteiger partial charge on any atom is -0.373 e. The molecule has 0 unspecified atom stereocenters. The summed E-state index contributed by atoms with van der Waals surface area (Å²) in [6, 6.07) is 12.1. The number of hydrogen-bond acceptors (Lipinski definition) is 4. The molecule has 3 aromatic rings. The van der Waals surface area contributed by atoms with Gasteiger partial charge in [-0.2, -0.15) is 4.98 Å². The third-order valence-electron chi connectivity index (χ3n) is 3.35. The van der Waals surface area contributed by atoms with Gasteiger partial charge in [0.05, 0.1) is 5.69 Å². The molecule has 1 aromatic carbocycles. The highest BCUT2D eigenvalue weighted by atomic mass is 16.5. The molecule has 0 aliphatic carbocycles. The molecule has 1 aliphatic rings. The number of H-pyrrole nitrogens is 1. The average molecular weight is 252 g/mol. The van der Waals surface area contributed by atoms with Crippen LogP contribution in [0.4, 0.5) is 5.69 Å². The van der Waals surface area contributed by atoms with Gasteiger partial charge in [-0.1, -0.05) is 23.4 Å². The van der Waals surface area contributed by atoms with Crippen molar-refractivity contribution in [3.05, 3.63) is 54.0 Å². The maximum Gasteiger partial charge on any atom is 0.249 e. The van der Waals surface area contributed by atoms with Crippen LogP contribution in [0.1, 0.15) is 17.5 Å². The Morgan fingerprint density at radius 2 is 2.11 bits per heavy atom. The first-order chi connectivity index (χ1) is 9.40. The van der Waals surface area contributed by atoms with E-state index in [1.165, 1.54) is 5.56 Å². The van der Waals surface area contributed by atoms with E-state index in [-0.39, 0.29) is 6.04 Å². The van der Waals surface area contributed by atoms with Crippen LogP contribution in [0.2, 0.25) is 0 Å². The Hall–Kier alpha value is -2.56. The van der Waals surface area contributed by atoms with Crippen LogP contribution in [0, 0.1) is 0 Å². The monoisotopic (exact) mass is 252 g/mol. The van der Waals surface area contributed by atoms with Crippen molar-refractivity contribution in [1.29, 1.82) is 0 Å². The summed E-state index contributed by atoms with van der Waals surface area (Å²) in [5.74, 6) is 1.22. The van der Waals surface area contributed by atoms with Crippen molar-refractivity contribution in [2.75, 3.05) is 5.32 Å². The third kappa shape index (κ3) is 1.71. The second-order valence-electron chi connectivity index (χ2n) is 4.60. The predicted molar refractivity (Wildman–Crippen MR) is 70.6 cm³/mol. The number of anilines is 1. The number of aromatic amines is 1. The minimum absolute atomic E-state index is 0.0635. The lowest BCUT2D eigenvalue weighted by molar-refractivity contribution is 0.364. The fourth-order valence-electron chi connectivity index (χ4n) is 2.40. The van der Waals surface area contributed by atoms with E-state index in [1.807, 2.05) is 30.5 Å². The number of hydrogen-bond donors (Lipinski definition) is 2. The van der Waals surface area contributed by atoms with Crippen molar-refractivity contribution in [3.8, 4) is 11.5 Å². The largest absolute Gasteiger partial charge is 0.373 e. The Bertz CT molecular complexity index is 677. The zero-order valence-corrected chi connectivity index (χ0v) is 10.1. The van der Waals surface area contributed by atoms with Crippen LogP contribution < -0.4 is 5.32 Å². The molecule has 0 saturated carbocycles. The maximum atomic E-state index is 5.36. The molecule has 3 heterocycles. The van der Waals surface area contributed by atoms with Crippen LogP contribution in [0.25, 0.3) is 11.5 Å². The predicted octanol–water partition coefficient (Wildman–Crippen LogP) is 2.77. The lowest BCUT2D eigenvalue weighted by atomic mass is 10.1. The molecule has 1 atom stereocenters. The highest BCUT2D eigenvalue weighted by molar-refractivity contribution is 5.57. The van der Waals surface area contributed by atoms with E-state index < -0.39 is 0 Å². The van der Waals surface area contributed by atoms with Crippen molar-refractivity contribution in [3.63, 3.8) is 0 Å². The summed E-state index contributed by atoms with van der Waals surface area (Å²) in [6.45, 7) is 0. The SMILES string of the molecule is c1c[nH]c(-c2noc([C@@H]3Cc4ccccc4N3)n2)c1. The minimum atomic E-state index is 0.0635. The van der Waals surface area contributed by atoms with Crippen LogP contribution in [-0.2, 0) is 6.42 Å². The zero-order chi connectivity index (χ0) is 12.7. The molecule has 2 N–H and O–H groups in total. The zero-order valence-electron chi connectivity index (χ0n) is 10.1. The maximum absolute atomic E-state index is 5.36. The van der Waals surface area contributed by atoms with Crippen molar-refractivity contribution in [2.24, 2.45) is 0 Å². The van der Waals surface area contributed by atoms with Gasteiger partial charge in [-0.25, -0.2) is 0 Å². The fraction of sp³-hybridized carbons (Fsp3) is 0.143. The molecule has 2 aromatic heterocycles. The van der Waals surface area contributed by atoms with E-state index in [1.54, 1.807) is 0 Å². The molecule has 0 radical (unpaired) electrons. The summed E-state index contributed by atoms with van der Waals surface area (Å²) in [5, 5.41) is 7.41. The molecule has 0 fully saturated rings. The molecule has 19 heavy (non-hydrogen) atoms. The number of nitrogens with zero attached hydrogens (tertiary/aromatic N) is 2. The van der Waals surface area contributed by atoms with Crippen LogP contribution in [-0.4, -0.2) is 15.1 Å². The van der Waals surface area contributed by atoms with Gasteiger partial charge in [-0.3, -0.25) is 0 Å². The summed E-state index contributed by atoms with van der Waals surface area (Å²) in [6.07, 6.45) is 2.72. The first-order valence-electron chi connectivity index (χ1n) is 6.22. The highest BCUT2D eigenvalue weighted by Crippen LogP contribution is 2.33. The van der Waals surface area contributed by atoms with Crippen LogP contribution in [0.5, 0.6) is 0 Å². The molecule has 0 bridgehead atoms. The van der Waals surface area contributed by atoms with Gasteiger partial charge in [0.15, 0.2) is 0 Å². The van der Waals surface area contributed by atoms with Crippen molar-refractivity contribution >= 4 is 5.69 Å². The third-order valence-corrected chi connectivity index (χ3v) is 3.35. The molecule has 1 aliphatic heterocycles. The van der Waals surface area contributed by atoms with E-state index >= 15 is 0 Å². The number of benzene rings is 1. The molecule has 0 spiro atoms. The Kier molecular flexibility index (Phi) is 2.17. The van der Waals surface area contributed by atoms with Crippen molar-refractivity contribution in [2.45, 2.75) is 12.5 Å². The Balaban J connectivity index is 1.62. The summed E-state index contributed by atoms with van der Waals surface area (Å²) in [4.78, 5) is 7.52. The topological polar surface area (TPSA) is 66.7 Å². The molecule has 94 valence electrons. The number of rotatable bonds is 2. The van der Waals surface area contributed by atoms with E-state index in [0.29, 0.717) is 11.7 Å². The van der Waals surface area contributed by atoms with Gasteiger partial charge in [-0.15, -0.1) is 0 Å². The van der Waals surface area contributed by atoms with E-state index in [9.17, 15) is 0 Å². The Labute approximate surface area is 109 Å². The Morgan fingerprint density at radius 3 is 2.95 bits per heavy atom. The van der Waals surface area contributed by atoms with Gasteiger partial charge in [-0.05, 0) is 23.8 Å². The van der Waals surface area contributed by atoms with Crippen molar-refractivity contribution < 1.29 is 4.52 Å². The molecule has 0 saturated heterocycles. The van der Waals surface area contributed by atoms with E-state index in [2.05, 4.69) is 32.6 Å². The Morgan fingerprint density at radius 1 is 1.16 bits per heavy atom. The highest BCUT2D eigenvalue weighted by Gasteiger charge is 2.26. The standard InChI is InChI=1S/C14H12N4O/c1-2-5-10-9(4-1)8-12(16-10)14-17-13(18-19-14)11-6-3-7-15-11/h1-7,12,15-16H,8H2/t12-/m0/s1. The molecular weight excluding hydrogens is 240 g/mol. The van der Waals surface area contributed by atoms with Gasteiger partial charge in [0, 0.05) is 18.3 Å². The summed E-state index contributed by atoms with van der Waals surface area (Å²) < 4.78 is 5.36. The van der Waals surface area contributed by atoms with Gasteiger partial charge >= 0.3 is 0 Å². The van der Waals surface area contributed by atoms with Crippen LogP contribution in [0.3, 0.4) is 0 Å². The van der Waals surface area contributed by atoms with Crippen LogP contribution in [0.15, 0.2) is 47.1 Å². The summed E-state index contributed by atoms with van der Waals surface area (Å²) in [7, 11) is 0. The normalized spacial score (nSPS) is 17.2. The molecular formula is C14H12N4O. The number of aromatic nitrogens is 3. The first kappa shape index (κ1) is 10.4. The van der Waals surface area contributed by atoms with E-state index in [4.69, 9.17) is 4.52 Å². The first-order valence-corrected chi connectivity index (χ1v) is 6.22. The van der Waals surface area contributed by atoms with Gasteiger partial charge < -0.3 is 14.8 Å². The quantitative estimate of drug-likeness (QED) is 0.736. The second kappa shape index (κ2) is 3.98. The van der Waals surface area contributed by atoms with Gasteiger partial charge in [0.1, 0.15) is 6.04 Å². The van der Waals surface area contributed by atoms with Gasteiger partial charge in [0.25, 0.3) is 0 Å². The number of nitrogens with one attached hydrogen (secondary N) is 2. The molecule has 5 nitrogen and oxygen atoms in total. The molecule has 5 heteroatoms. The number of para-hydroxylation sites is 1. The molecule has 0 amide bonds. The van der Waals surface area contributed by atoms with Gasteiger partial charge in [0.2, 0.25) is 11.7 Å². The average Bonchev–Trinajstić information content (AvgIpc) is 3.17. The van der Waals surface area contributed by atoms with Crippen molar-refractivity contribution in [1.82, 2.24) is 15.1 Å². The van der Waals surface area contributed by atoms with E-state index in [0.717, 1.165) is 17.8 Å². The smallest absolute Gasteiger partial charge is 0.249 e.